The lowest BCUT2D eigenvalue weighted by atomic mass is 10.1. The summed E-state index contributed by atoms with van der Waals surface area (Å²) in [5, 5.41) is 0. The minimum atomic E-state index is 0.456. The van der Waals surface area contributed by atoms with Crippen LogP contribution in [0.1, 0.15) is 26.3 Å². The summed E-state index contributed by atoms with van der Waals surface area (Å²) in [5.41, 5.74) is 5.08. The Hall–Kier alpha value is -0.910. The van der Waals surface area contributed by atoms with E-state index in [0.717, 1.165) is 34.4 Å². The number of aromatic nitrogens is 2. The van der Waals surface area contributed by atoms with E-state index in [0.29, 0.717) is 6.04 Å². The molecule has 1 aliphatic heterocycles. The molecular weight excluding hydrogens is 346 g/mol. The molecule has 1 N–H and O–H groups in total. The third-order valence-corrected chi connectivity index (χ3v) is 5.12. The first-order chi connectivity index (χ1) is 9.97. The molecule has 0 saturated heterocycles. The molecule has 0 spiro atoms. The molecule has 1 atom stereocenters. The Morgan fingerprint density at radius 3 is 2.95 bits per heavy atom. The molecule has 0 aliphatic carbocycles. The molecule has 0 bridgehead atoms. The quantitative estimate of drug-likeness (QED) is 0.619. The van der Waals surface area contributed by atoms with E-state index in [9.17, 15) is 0 Å². The maximum atomic E-state index is 5.52. The highest BCUT2D eigenvalue weighted by atomic mass is 79.9. The number of benzene rings is 1. The third-order valence-electron chi connectivity index (χ3n) is 4.14. The van der Waals surface area contributed by atoms with Gasteiger partial charge in [0.05, 0.1) is 11.0 Å². The molecule has 1 aromatic heterocycles. The topological polar surface area (TPSA) is 24.0 Å². The molecule has 0 saturated carbocycles. The van der Waals surface area contributed by atoms with Gasteiger partial charge in [0.1, 0.15) is 0 Å². The van der Waals surface area contributed by atoms with Gasteiger partial charge in [0.25, 0.3) is 0 Å². The van der Waals surface area contributed by atoms with Crippen LogP contribution in [0.4, 0.5) is 0 Å². The first-order valence-electron chi connectivity index (χ1n) is 7.24. The smallest absolute Gasteiger partial charge is 0.178 e. The number of hydrogen-bond donors (Lipinski definition) is 1. The van der Waals surface area contributed by atoms with Crippen LogP contribution < -0.4 is 0 Å². The normalized spacial score (nSPS) is 18.8. The molecule has 0 fully saturated rings. The molecule has 21 heavy (non-hydrogen) atoms. The number of nitrogens with zero attached hydrogens (tertiary/aromatic N) is 2. The second-order valence-electron chi connectivity index (χ2n) is 6.03. The van der Waals surface area contributed by atoms with Crippen molar-refractivity contribution in [1.29, 1.82) is 0 Å². The molecule has 3 nitrogen and oxygen atoms in total. The first kappa shape index (κ1) is 15.0. The van der Waals surface area contributed by atoms with E-state index in [1.54, 1.807) is 0 Å². The molecule has 1 aromatic carbocycles. The van der Waals surface area contributed by atoms with Gasteiger partial charge in [0.2, 0.25) is 0 Å². The van der Waals surface area contributed by atoms with E-state index in [1.807, 2.05) is 0 Å². The zero-order valence-electron chi connectivity index (χ0n) is 12.6. The van der Waals surface area contributed by atoms with Gasteiger partial charge in [-0.1, -0.05) is 17.7 Å². The summed E-state index contributed by atoms with van der Waals surface area (Å²) in [5.74, 6) is 0. The van der Waals surface area contributed by atoms with Crippen LogP contribution >= 0.6 is 28.1 Å². The van der Waals surface area contributed by atoms with Gasteiger partial charge < -0.3 is 9.55 Å². The van der Waals surface area contributed by atoms with E-state index in [-0.39, 0.29) is 0 Å². The fraction of sp³-hybridized carbons (Fsp3) is 0.438. The van der Waals surface area contributed by atoms with E-state index >= 15 is 0 Å². The standard InChI is InChI=1S/C16H20BrN3S/c1-10(2)6-7-19-9-12-4-5-13(17)14-15(12)20(8-11(19)3)16(21)18-14/h4-6,11H,7-9H2,1-3H3,(H,18,21)/t11-/m0/s1. The summed E-state index contributed by atoms with van der Waals surface area (Å²) in [6.07, 6.45) is 2.30. The third kappa shape index (κ3) is 2.74. The maximum Gasteiger partial charge on any atom is 0.178 e. The van der Waals surface area contributed by atoms with E-state index < -0.39 is 0 Å². The van der Waals surface area contributed by atoms with Crippen LogP contribution in [0.2, 0.25) is 0 Å². The van der Waals surface area contributed by atoms with Crippen molar-refractivity contribution >= 4 is 39.2 Å². The fourth-order valence-corrected chi connectivity index (χ4v) is 3.60. The molecule has 0 unspecified atom stereocenters. The Balaban J connectivity index is 2.10. The highest BCUT2D eigenvalue weighted by Gasteiger charge is 2.23. The molecule has 0 amide bonds. The molecule has 112 valence electrons. The van der Waals surface area contributed by atoms with Crippen molar-refractivity contribution < 1.29 is 0 Å². The van der Waals surface area contributed by atoms with Crippen LogP contribution in [0.5, 0.6) is 0 Å². The van der Waals surface area contributed by atoms with E-state index in [2.05, 4.69) is 69.4 Å². The van der Waals surface area contributed by atoms with Crippen LogP contribution in [-0.2, 0) is 13.1 Å². The number of imidazole rings is 1. The van der Waals surface area contributed by atoms with Gasteiger partial charge in [-0.2, -0.15) is 0 Å². The van der Waals surface area contributed by atoms with Gasteiger partial charge in [-0.3, -0.25) is 4.90 Å². The van der Waals surface area contributed by atoms with Crippen LogP contribution in [0.25, 0.3) is 11.0 Å². The lowest BCUT2D eigenvalue weighted by molar-refractivity contribution is 0.210. The largest absolute Gasteiger partial charge is 0.330 e. The second-order valence-corrected chi connectivity index (χ2v) is 7.27. The van der Waals surface area contributed by atoms with Gasteiger partial charge in [0.15, 0.2) is 4.77 Å². The van der Waals surface area contributed by atoms with Crippen LogP contribution in [0.15, 0.2) is 28.3 Å². The van der Waals surface area contributed by atoms with Gasteiger partial charge in [-0.25, -0.2) is 0 Å². The molecule has 2 heterocycles. The monoisotopic (exact) mass is 365 g/mol. The molecule has 0 radical (unpaired) electrons. The van der Waals surface area contributed by atoms with Gasteiger partial charge in [0, 0.05) is 30.1 Å². The van der Waals surface area contributed by atoms with E-state index in [1.165, 1.54) is 16.7 Å². The lowest BCUT2D eigenvalue weighted by Crippen LogP contribution is -2.34. The fourth-order valence-electron chi connectivity index (χ4n) is 2.91. The molecule has 1 aliphatic rings. The average Bonchev–Trinajstić information content (AvgIpc) is 2.67. The lowest BCUT2D eigenvalue weighted by Gasteiger charge is -2.26. The zero-order valence-corrected chi connectivity index (χ0v) is 15.0. The number of allylic oxidation sites excluding steroid dienone is 1. The Kier molecular flexibility index (Phi) is 4.08. The van der Waals surface area contributed by atoms with Crippen molar-refractivity contribution in [2.24, 2.45) is 0 Å². The molecule has 2 aromatic rings. The predicted octanol–water partition coefficient (Wildman–Crippen LogP) is 4.63. The molecule has 3 rings (SSSR count). The van der Waals surface area contributed by atoms with Crippen molar-refractivity contribution in [1.82, 2.24) is 14.5 Å². The van der Waals surface area contributed by atoms with E-state index in [4.69, 9.17) is 12.2 Å². The summed E-state index contributed by atoms with van der Waals surface area (Å²) in [7, 11) is 0. The maximum absolute atomic E-state index is 5.52. The van der Waals surface area contributed by atoms with Crippen LogP contribution in [-0.4, -0.2) is 27.0 Å². The Bertz CT molecular complexity index is 768. The Morgan fingerprint density at radius 2 is 2.24 bits per heavy atom. The number of H-pyrrole nitrogens is 1. The van der Waals surface area contributed by atoms with Crippen molar-refractivity contribution in [2.45, 2.75) is 39.9 Å². The summed E-state index contributed by atoms with van der Waals surface area (Å²) in [4.78, 5) is 5.85. The Morgan fingerprint density at radius 1 is 1.48 bits per heavy atom. The number of rotatable bonds is 2. The molecular formula is C16H20BrN3S. The van der Waals surface area contributed by atoms with Crippen molar-refractivity contribution in [3.05, 3.63) is 38.6 Å². The minimum absolute atomic E-state index is 0.456. The number of hydrogen-bond acceptors (Lipinski definition) is 2. The van der Waals surface area contributed by atoms with Gasteiger partial charge >= 0.3 is 0 Å². The molecule has 5 heteroatoms. The number of aromatic amines is 1. The average molecular weight is 366 g/mol. The summed E-state index contributed by atoms with van der Waals surface area (Å²) >= 11 is 9.14. The van der Waals surface area contributed by atoms with Crippen molar-refractivity contribution in [3.63, 3.8) is 0 Å². The van der Waals surface area contributed by atoms with Crippen LogP contribution in [0.3, 0.4) is 0 Å². The highest BCUT2D eigenvalue weighted by molar-refractivity contribution is 9.10. The summed E-state index contributed by atoms with van der Waals surface area (Å²) in [6, 6.07) is 4.78. The summed E-state index contributed by atoms with van der Waals surface area (Å²) in [6.45, 7) is 9.46. The minimum Gasteiger partial charge on any atom is -0.330 e. The predicted molar refractivity (Wildman–Crippen MR) is 94.1 cm³/mol. The second kappa shape index (κ2) is 5.71. The van der Waals surface area contributed by atoms with Gasteiger partial charge in [-0.15, -0.1) is 0 Å². The number of halogens is 1. The van der Waals surface area contributed by atoms with Crippen molar-refractivity contribution in [3.8, 4) is 0 Å². The van der Waals surface area contributed by atoms with Crippen LogP contribution in [0, 0.1) is 4.77 Å². The Labute approximate surface area is 138 Å². The SMILES string of the molecule is CC(C)=CCN1Cc2ccc(Br)c3[nH]c(=S)n(c23)C[C@@H]1C. The van der Waals surface area contributed by atoms with Gasteiger partial charge in [-0.05, 0) is 60.5 Å². The first-order valence-corrected chi connectivity index (χ1v) is 8.45. The van der Waals surface area contributed by atoms with Crippen molar-refractivity contribution in [2.75, 3.05) is 6.54 Å². The zero-order chi connectivity index (χ0) is 15.1. The summed E-state index contributed by atoms with van der Waals surface area (Å²) < 4.78 is 4.14. The highest BCUT2D eigenvalue weighted by Crippen LogP contribution is 2.30. The number of nitrogens with one attached hydrogen (secondary N) is 1.